The van der Waals surface area contributed by atoms with Gasteiger partial charge in [-0.15, -0.1) is 0 Å². The maximum Gasteiger partial charge on any atom is 0.373 e. The fraction of sp³-hybridized carbons (Fsp3) is 0.500. The molecule has 0 radical (unpaired) electrons. The van der Waals surface area contributed by atoms with Gasteiger partial charge in [0.15, 0.2) is 11.4 Å². The van der Waals surface area contributed by atoms with E-state index in [-0.39, 0.29) is 0 Å². The average molecular weight is 208 g/mol. The van der Waals surface area contributed by atoms with E-state index in [0.717, 1.165) is 11.4 Å². The van der Waals surface area contributed by atoms with E-state index in [1.54, 1.807) is 0 Å². The number of carboxylic acid groups (broad SMARTS) is 1. The van der Waals surface area contributed by atoms with Gasteiger partial charge in [0, 0.05) is 32.4 Å². The summed E-state index contributed by atoms with van der Waals surface area (Å²) in [5.74, 6) is -0.766. The highest BCUT2D eigenvalue weighted by atomic mass is 16.4. The molecule has 0 aliphatic heterocycles. The van der Waals surface area contributed by atoms with Gasteiger partial charge in [0.25, 0.3) is 6.04 Å². The van der Waals surface area contributed by atoms with Crippen molar-refractivity contribution in [3.05, 3.63) is 29.1 Å². The van der Waals surface area contributed by atoms with Gasteiger partial charge in [-0.05, 0) is 12.5 Å². The van der Waals surface area contributed by atoms with Crippen molar-refractivity contribution in [2.45, 2.75) is 40.2 Å². The lowest BCUT2D eigenvalue weighted by molar-refractivity contribution is -0.722. The Kier molecular flexibility index (Phi) is 3.45. The molecule has 0 aliphatic rings. The van der Waals surface area contributed by atoms with Gasteiger partial charge in [-0.3, -0.25) is 0 Å². The summed E-state index contributed by atoms with van der Waals surface area (Å²) in [6, 6.07) is 3.57. The van der Waals surface area contributed by atoms with E-state index >= 15 is 0 Å². The fourth-order valence-electron chi connectivity index (χ4n) is 2.08. The summed E-state index contributed by atoms with van der Waals surface area (Å²) in [4.78, 5) is 11.1. The van der Waals surface area contributed by atoms with Gasteiger partial charge in [0.1, 0.15) is 0 Å². The summed E-state index contributed by atoms with van der Waals surface area (Å²) in [5.41, 5.74) is 3.17. The van der Waals surface area contributed by atoms with Gasteiger partial charge < -0.3 is 5.11 Å². The first-order valence-corrected chi connectivity index (χ1v) is 5.19. The molecule has 3 heteroatoms. The SMILES string of the molecule is CC[C@@H](C(=O)O)[n+]1c(C)cc(C)cc1C. The molecule has 82 valence electrons. The lowest BCUT2D eigenvalue weighted by Crippen LogP contribution is -2.48. The number of nitrogens with zero attached hydrogens (tertiary/aromatic N) is 1. The first-order valence-electron chi connectivity index (χ1n) is 5.19. The van der Waals surface area contributed by atoms with Gasteiger partial charge in [-0.25, -0.2) is 4.79 Å². The monoisotopic (exact) mass is 208 g/mol. The van der Waals surface area contributed by atoms with Gasteiger partial charge in [-0.2, -0.15) is 4.57 Å². The Morgan fingerprint density at radius 1 is 1.33 bits per heavy atom. The van der Waals surface area contributed by atoms with Crippen molar-refractivity contribution in [1.82, 2.24) is 0 Å². The quantitative estimate of drug-likeness (QED) is 0.771. The van der Waals surface area contributed by atoms with Crippen LogP contribution >= 0.6 is 0 Å². The van der Waals surface area contributed by atoms with Crippen molar-refractivity contribution in [3.63, 3.8) is 0 Å². The van der Waals surface area contributed by atoms with Crippen LogP contribution in [0.2, 0.25) is 0 Å². The van der Waals surface area contributed by atoms with Crippen LogP contribution in [0.1, 0.15) is 36.3 Å². The minimum atomic E-state index is -0.766. The molecule has 1 rings (SSSR count). The van der Waals surface area contributed by atoms with Gasteiger partial charge in [-0.1, -0.05) is 6.92 Å². The fourth-order valence-corrected chi connectivity index (χ4v) is 2.08. The third-order valence-corrected chi connectivity index (χ3v) is 2.62. The second-order valence-electron chi connectivity index (χ2n) is 3.95. The highest BCUT2D eigenvalue weighted by molar-refractivity contribution is 5.69. The molecule has 3 nitrogen and oxygen atoms in total. The van der Waals surface area contributed by atoms with Crippen LogP contribution in [0.4, 0.5) is 0 Å². The highest BCUT2D eigenvalue weighted by Crippen LogP contribution is 2.09. The van der Waals surface area contributed by atoms with Gasteiger partial charge in [0.05, 0.1) is 0 Å². The second-order valence-corrected chi connectivity index (χ2v) is 3.95. The lowest BCUT2D eigenvalue weighted by Gasteiger charge is -2.11. The molecule has 0 aromatic carbocycles. The topological polar surface area (TPSA) is 41.2 Å². The third-order valence-electron chi connectivity index (χ3n) is 2.62. The number of aromatic nitrogens is 1. The highest BCUT2D eigenvalue weighted by Gasteiger charge is 2.28. The molecule has 0 saturated carbocycles. The van der Waals surface area contributed by atoms with E-state index in [9.17, 15) is 4.79 Å². The zero-order chi connectivity index (χ0) is 11.6. The van der Waals surface area contributed by atoms with Crippen LogP contribution in [0.25, 0.3) is 0 Å². The molecule has 0 bridgehead atoms. The van der Waals surface area contributed by atoms with Gasteiger partial charge in [0.2, 0.25) is 0 Å². The molecular formula is C12H18NO2+. The van der Waals surface area contributed by atoms with Crippen LogP contribution in [0, 0.1) is 20.8 Å². The average Bonchev–Trinajstić information content (AvgIpc) is 2.09. The smallest absolute Gasteiger partial charge is 0.373 e. The lowest BCUT2D eigenvalue weighted by atomic mass is 10.1. The van der Waals surface area contributed by atoms with E-state index in [4.69, 9.17) is 5.11 Å². The number of carboxylic acids is 1. The molecular weight excluding hydrogens is 190 g/mol. The molecule has 15 heavy (non-hydrogen) atoms. The molecule has 0 amide bonds. The van der Waals surface area contributed by atoms with E-state index in [1.807, 2.05) is 44.4 Å². The van der Waals surface area contributed by atoms with Crippen LogP contribution in [0.5, 0.6) is 0 Å². The van der Waals surface area contributed by atoms with E-state index in [0.29, 0.717) is 6.42 Å². The number of carbonyl (C=O) groups is 1. The number of hydrogen-bond donors (Lipinski definition) is 1. The minimum absolute atomic E-state index is 0.453. The number of hydrogen-bond acceptors (Lipinski definition) is 1. The maximum absolute atomic E-state index is 11.1. The summed E-state index contributed by atoms with van der Waals surface area (Å²) in [7, 11) is 0. The van der Waals surface area contributed by atoms with Crippen LogP contribution in [0.15, 0.2) is 12.1 Å². The summed E-state index contributed by atoms with van der Waals surface area (Å²) >= 11 is 0. The number of rotatable bonds is 3. The molecule has 1 atom stereocenters. The first kappa shape index (κ1) is 11.7. The summed E-state index contributed by atoms with van der Waals surface area (Å²) in [6.45, 7) is 7.81. The minimum Gasteiger partial charge on any atom is -0.476 e. The van der Waals surface area contributed by atoms with Crippen molar-refractivity contribution >= 4 is 5.97 Å². The molecule has 1 aromatic heterocycles. The molecule has 0 unspecified atom stereocenters. The molecule has 0 aliphatic carbocycles. The van der Waals surface area contributed by atoms with Crippen molar-refractivity contribution in [2.75, 3.05) is 0 Å². The normalized spacial score (nSPS) is 12.5. The second kappa shape index (κ2) is 4.43. The molecule has 0 spiro atoms. The van der Waals surface area contributed by atoms with Crippen molar-refractivity contribution in [3.8, 4) is 0 Å². The summed E-state index contributed by atoms with van der Waals surface area (Å²) in [5, 5.41) is 9.12. The van der Waals surface area contributed by atoms with E-state index < -0.39 is 12.0 Å². The predicted octanol–water partition coefficient (Wildman–Crippen LogP) is 1.94. The van der Waals surface area contributed by atoms with E-state index in [2.05, 4.69) is 0 Å². The molecule has 0 fully saturated rings. The van der Waals surface area contributed by atoms with Crippen molar-refractivity contribution in [2.24, 2.45) is 0 Å². The molecule has 1 N–H and O–H groups in total. The van der Waals surface area contributed by atoms with Gasteiger partial charge >= 0.3 is 5.97 Å². The standard InChI is InChI=1S/C12H17NO2/c1-5-11(12(14)15)13-9(3)6-8(2)7-10(13)4/h6-7,11H,5H2,1-4H3/p+1/t11-/m0/s1. The summed E-state index contributed by atoms with van der Waals surface area (Å²) < 4.78 is 1.88. The Balaban J connectivity index is 3.29. The largest absolute Gasteiger partial charge is 0.476 e. The van der Waals surface area contributed by atoms with Crippen LogP contribution < -0.4 is 4.57 Å². The third kappa shape index (κ3) is 2.35. The summed E-state index contributed by atoms with van der Waals surface area (Å²) in [6.07, 6.45) is 0.602. The van der Waals surface area contributed by atoms with Crippen molar-refractivity contribution in [1.29, 1.82) is 0 Å². The van der Waals surface area contributed by atoms with Crippen molar-refractivity contribution < 1.29 is 14.5 Å². The zero-order valence-corrected chi connectivity index (χ0v) is 9.74. The first-order chi connectivity index (χ1) is 6.97. The Morgan fingerprint density at radius 2 is 1.80 bits per heavy atom. The Labute approximate surface area is 90.4 Å². The molecule has 1 heterocycles. The molecule has 0 saturated heterocycles. The van der Waals surface area contributed by atoms with E-state index in [1.165, 1.54) is 5.56 Å². The number of aryl methyl sites for hydroxylation is 3. The van der Waals surface area contributed by atoms with Crippen LogP contribution in [-0.2, 0) is 4.79 Å². The van der Waals surface area contributed by atoms with Crippen LogP contribution in [-0.4, -0.2) is 11.1 Å². The maximum atomic E-state index is 11.1. The Morgan fingerprint density at radius 3 is 2.13 bits per heavy atom. The molecule has 1 aromatic rings. The predicted molar refractivity (Wildman–Crippen MR) is 57.8 cm³/mol. The van der Waals surface area contributed by atoms with Crippen LogP contribution in [0.3, 0.4) is 0 Å². The number of pyridine rings is 1. The number of aliphatic carboxylic acids is 1. The Hall–Kier alpha value is -1.38. The Bertz CT molecular complexity index is 362. The zero-order valence-electron chi connectivity index (χ0n) is 9.74.